The second-order valence-corrected chi connectivity index (χ2v) is 4.95. The first-order chi connectivity index (χ1) is 10.6. The number of halogens is 1. The molecule has 0 spiro atoms. The molecule has 2 rings (SSSR count). The normalized spacial score (nSPS) is 10.3. The van der Waals surface area contributed by atoms with Crippen molar-refractivity contribution < 1.29 is 14.3 Å². The third kappa shape index (κ3) is 4.08. The van der Waals surface area contributed by atoms with E-state index in [1.54, 1.807) is 24.4 Å². The SMILES string of the molecule is CCCNC(=O)NC(=O)COc1ccc(Cl)c2cccnc12. The molecule has 0 aliphatic rings. The summed E-state index contributed by atoms with van der Waals surface area (Å²) in [7, 11) is 0. The van der Waals surface area contributed by atoms with Gasteiger partial charge >= 0.3 is 6.03 Å². The van der Waals surface area contributed by atoms with Crippen molar-refractivity contribution in [2.75, 3.05) is 13.2 Å². The first-order valence-electron chi connectivity index (χ1n) is 6.85. The van der Waals surface area contributed by atoms with Gasteiger partial charge in [0.1, 0.15) is 11.3 Å². The summed E-state index contributed by atoms with van der Waals surface area (Å²) in [5.74, 6) is -0.100. The van der Waals surface area contributed by atoms with Crippen molar-refractivity contribution >= 4 is 34.4 Å². The predicted molar refractivity (Wildman–Crippen MR) is 84.1 cm³/mol. The van der Waals surface area contributed by atoms with E-state index in [1.807, 2.05) is 13.0 Å². The van der Waals surface area contributed by atoms with Gasteiger partial charge in [-0.3, -0.25) is 15.1 Å². The van der Waals surface area contributed by atoms with Gasteiger partial charge in [0.25, 0.3) is 5.91 Å². The lowest BCUT2D eigenvalue weighted by atomic mass is 10.2. The number of benzene rings is 1. The van der Waals surface area contributed by atoms with Gasteiger partial charge in [0.15, 0.2) is 6.61 Å². The molecule has 0 aliphatic heterocycles. The molecule has 0 radical (unpaired) electrons. The molecule has 0 aliphatic carbocycles. The van der Waals surface area contributed by atoms with Crippen molar-refractivity contribution in [2.45, 2.75) is 13.3 Å². The van der Waals surface area contributed by atoms with E-state index >= 15 is 0 Å². The summed E-state index contributed by atoms with van der Waals surface area (Å²) in [4.78, 5) is 27.2. The number of amides is 3. The number of carbonyl (C=O) groups excluding carboxylic acids is 2. The molecular formula is C15H16ClN3O3. The van der Waals surface area contributed by atoms with Crippen LogP contribution < -0.4 is 15.4 Å². The standard InChI is InChI=1S/C15H16ClN3O3/c1-2-7-18-15(21)19-13(20)9-22-12-6-5-11(16)10-4-3-8-17-14(10)12/h3-6,8H,2,7,9H2,1H3,(H2,18,19,20,21). The number of hydrogen-bond donors (Lipinski definition) is 2. The molecule has 22 heavy (non-hydrogen) atoms. The van der Waals surface area contributed by atoms with Crippen LogP contribution in [0.15, 0.2) is 30.5 Å². The number of ether oxygens (including phenoxy) is 1. The van der Waals surface area contributed by atoms with Crippen molar-refractivity contribution in [3.05, 3.63) is 35.5 Å². The van der Waals surface area contributed by atoms with Crippen LogP contribution >= 0.6 is 11.6 Å². The average Bonchev–Trinajstić information content (AvgIpc) is 2.52. The second kappa shape index (κ2) is 7.61. The maximum absolute atomic E-state index is 11.6. The Hall–Kier alpha value is -2.34. The van der Waals surface area contributed by atoms with E-state index in [0.717, 1.165) is 11.8 Å². The molecule has 0 atom stereocenters. The van der Waals surface area contributed by atoms with Crippen molar-refractivity contribution in [1.82, 2.24) is 15.6 Å². The van der Waals surface area contributed by atoms with Gasteiger partial charge in [-0.05, 0) is 30.7 Å². The van der Waals surface area contributed by atoms with Crippen LogP contribution in [-0.2, 0) is 4.79 Å². The number of carbonyl (C=O) groups is 2. The maximum Gasteiger partial charge on any atom is 0.321 e. The lowest BCUT2D eigenvalue weighted by Gasteiger charge is -2.10. The van der Waals surface area contributed by atoms with E-state index in [9.17, 15) is 9.59 Å². The first-order valence-corrected chi connectivity index (χ1v) is 7.23. The van der Waals surface area contributed by atoms with Crippen molar-refractivity contribution in [3.8, 4) is 5.75 Å². The molecule has 0 saturated carbocycles. The quantitative estimate of drug-likeness (QED) is 0.886. The number of urea groups is 1. The van der Waals surface area contributed by atoms with Crippen molar-refractivity contribution in [1.29, 1.82) is 0 Å². The molecule has 0 fully saturated rings. The minimum absolute atomic E-state index is 0.285. The molecule has 7 heteroatoms. The fraction of sp³-hybridized carbons (Fsp3) is 0.267. The lowest BCUT2D eigenvalue weighted by molar-refractivity contribution is -0.121. The van der Waals surface area contributed by atoms with Crippen molar-refractivity contribution in [3.63, 3.8) is 0 Å². The Morgan fingerprint density at radius 3 is 2.91 bits per heavy atom. The van der Waals surface area contributed by atoms with E-state index in [4.69, 9.17) is 16.3 Å². The van der Waals surface area contributed by atoms with Gasteiger partial charge < -0.3 is 10.1 Å². The van der Waals surface area contributed by atoms with Gasteiger partial charge in [0.2, 0.25) is 0 Å². The highest BCUT2D eigenvalue weighted by molar-refractivity contribution is 6.35. The number of aromatic nitrogens is 1. The van der Waals surface area contributed by atoms with Crippen LogP contribution in [0.3, 0.4) is 0 Å². The Labute approximate surface area is 132 Å². The first kappa shape index (κ1) is 16.0. The average molecular weight is 322 g/mol. The highest BCUT2D eigenvalue weighted by Gasteiger charge is 2.11. The number of pyridine rings is 1. The summed E-state index contributed by atoms with van der Waals surface area (Å²) in [6.07, 6.45) is 2.41. The molecule has 0 saturated heterocycles. The molecule has 116 valence electrons. The Balaban J connectivity index is 1.99. The molecular weight excluding hydrogens is 306 g/mol. The predicted octanol–water partition coefficient (Wildman–Crippen LogP) is 2.50. The van der Waals surface area contributed by atoms with E-state index < -0.39 is 11.9 Å². The monoisotopic (exact) mass is 321 g/mol. The smallest absolute Gasteiger partial charge is 0.321 e. The summed E-state index contributed by atoms with van der Waals surface area (Å²) < 4.78 is 5.43. The zero-order valence-electron chi connectivity index (χ0n) is 12.1. The third-order valence-electron chi connectivity index (χ3n) is 2.83. The number of rotatable bonds is 5. The Bertz CT molecular complexity index is 691. The number of fused-ring (bicyclic) bond motifs is 1. The largest absolute Gasteiger partial charge is 0.481 e. The highest BCUT2D eigenvalue weighted by Crippen LogP contribution is 2.29. The lowest BCUT2D eigenvalue weighted by Crippen LogP contribution is -2.41. The van der Waals surface area contributed by atoms with Crippen LogP contribution in [0, 0.1) is 0 Å². The van der Waals surface area contributed by atoms with E-state index in [-0.39, 0.29) is 6.61 Å². The molecule has 2 N–H and O–H groups in total. The summed E-state index contributed by atoms with van der Waals surface area (Å²) in [6.45, 7) is 2.14. The number of hydrogen-bond acceptors (Lipinski definition) is 4. The Morgan fingerprint density at radius 1 is 1.32 bits per heavy atom. The fourth-order valence-electron chi connectivity index (χ4n) is 1.82. The fourth-order valence-corrected chi connectivity index (χ4v) is 2.03. The molecule has 0 bridgehead atoms. The van der Waals surface area contributed by atoms with Crippen LogP contribution in [0.25, 0.3) is 10.9 Å². The summed E-state index contributed by atoms with van der Waals surface area (Å²) >= 11 is 6.08. The number of imide groups is 1. The van der Waals surface area contributed by atoms with Crippen LogP contribution in [-0.4, -0.2) is 30.1 Å². The highest BCUT2D eigenvalue weighted by atomic mass is 35.5. The zero-order chi connectivity index (χ0) is 15.9. The van der Waals surface area contributed by atoms with Crippen molar-refractivity contribution in [2.24, 2.45) is 0 Å². The summed E-state index contributed by atoms with van der Waals surface area (Å²) in [6, 6.07) is 6.36. The van der Waals surface area contributed by atoms with Crippen LogP contribution in [0.1, 0.15) is 13.3 Å². The van der Waals surface area contributed by atoms with Gasteiger partial charge in [-0.25, -0.2) is 4.79 Å². The minimum Gasteiger partial charge on any atom is -0.481 e. The number of nitrogens with one attached hydrogen (secondary N) is 2. The molecule has 6 nitrogen and oxygen atoms in total. The summed E-state index contributed by atoms with van der Waals surface area (Å²) in [5.41, 5.74) is 0.568. The van der Waals surface area contributed by atoms with Crippen LogP contribution in [0.5, 0.6) is 5.75 Å². The maximum atomic E-state index is 11.6. The Morgan fingerprint density at radius 2 is 2.14 bits per heavy atom. The van der Waals surface area contributed by atoms with Crippen LogP contribution in [0.4, 0.5) is 4.79 Å². The van der Waals surface area contributed by atoms with Gasteiger partial charge in [-0.15, -0.1) is 0 Å². The molecule has 1 aromatic carbocycles. The van der Waals surface area contributed by atoms with Gasteiger partial charge in [-0.2, -0.15) is 0 Å². The van der Waals surface area contributed by atoms with E-state index in [2.05, 4.69) is 15.6 Å². The molecule has 1 heterocycles. The van der Waals surface area contributed by atoms with E-state index in [0.29, 0.717) is 22.8 Å². The zero-order valence-corrected chi connectivity index (χ0v) is 12.8. The van der Waals surface area contributed by atoms with Gasteiger partial charge in [0.05, 0.1) is 5.02 Å². The second-order valence-electron chi connectivity index (χ2n) is 4.54. The minimum atomic E-state index is -0.535. The number of nitrogens with zero attached hydrogens (tertiary/aromatic N) is 1. The summed E-state index contributed by atoms with van der Waals surface area (Å²) in [5, 5.41) is 6.02. The van der Waals surface area contributed by atoms with Gasteiger partial charge in [-0.1, -0.05) is 18.5 Å². The topological polar surface area (TPSA) is 80.3 Å². The third-order valence-corrected chi connectivity index (χ3v) is 3.16. The van der Waals surface area contributed by atoms with E-state index in [1.165, 1.54) is 0 Å². The Kier molecular flexibility index (Phi) is 5.55. The molecule has 1 aromatic heterocycles. The molecule has 2 aromatic rings. The molecule has 3 amide bonds. The van der Waals surface area contributed by atoms with Crippen LogP contribution in [0.2, 0.25) is 5.02 Å². The molecule has 0 unspecified atom stereocenters. The van der Waals surface area contributed by atoms with Gasteiger partial charge in [0, 0.05) is 18.1 Å².